The molecular formula is C15H18FN3. The number of aromatic nitrogens is 2. The van der Waals surface area contributed by atoms with Crippen molar-refractivity contribution in [2.75, 3.05) is 7.05 Å². The van der Waals surface area contributed by atoms with Gasteiger partial charge in [-0.1, -0.05) is 18.6 Å². The highest BCUT2D eigenvalue weighted by atomic mass is 19.1. The van der Waals surface area contributed by atoms with E-state index in [9.17, 15) is 4.39 Å². The summed E-state index contributed by atoms with van der Waals surface area (Å²) in [5.74, 6) is -0.431. The van der Waals surface area contributed by atoms with Crippen LogP contribution in [0.4, 0.5) is 4.39 Å². The van der Waals surface area contributed by atoms with Crippen LogP contribution in [0.3, 0.4) is 0 Å². The third-order valence-electron chi connectivity index (χ3n) is 3.28. The molecule has 19 heavy (non-hydrogen) atoms. The number of allylic oxidation sites excluding steroid dienone is 2. The lowest BCUT2D eigenvalue weighted by molar-refractivity contribution is 0.562. The fourth-order valence-electron chi connectivity index (χ4n) is 1.99. The first kappa shape index (κ1) is 13.5. The van der Waals surface area contributed by atoms with Crippen LogP contribution in [-0.4, -0.2) is 22.5 Å². The Balaban J connectivity index is 2.54. The fourth-order valence-corrected chi connectivity index (χ4v) is 1.99. The molecule has 0 aliphatic heterocycles. The Morgan fingerprint density at radius 1 is 1.47 bits per heavy atom. The van der Waals surface area contributed by atoms with E-state index in [1.54, 1.807) is 24.8 Å². The molecule has 1 aromatic carbocycles. The molecular weight excluding hydrogens is 241 g/mol. The molecule has 0 amide bonds. The Morgan fingerprint density at radius 2 is 2.21 bits per heavy atom. The summed E-state index contributed by atoms with van der Waals surface area (Å²) in [4.78, 5) is 4.31. The predicted molar refractivity (Wildman–Crippen MR) is 77.2 cm³/mol. The van der Waals surface area contributed by atoms with E-state index in [4.69, 9.17) is 0 Å². The zero-order chi connectivity index (χ0) is 14.0. The zero-order valence-electron chi connectivity index (χ0n) is 11.7. The molecule has 100 valence electrons. The normalized spacial score (nSPS) is 13.3. The quantitative estimate of drug-likeness (QED) is 0.776. The summed E-state index contributed by atoms with van der Waals surface area (Å²) in [6, 6.07) is 5.56. The highest BCUT2D eigenvalue weighted by Gasteiger charge is 2.10. The van der Waals surface area contributed by atoms with Gasteiger partial charge < -0.3 is 0 Å². The van der Waals surface area contributed by atoms with Crippen LogP contribution < -0.4 is 0 Å². The SMILES string of the molecule is CC/C(C)=C\C(=NC)c1ccc2c(F)nn(C)c2c1. The summed E-state index contributed by atoms with van der Waals surface area (Å²) in [6.07, 6.45) is 3.05. The van der Waals surface area contributed by atoms with Gasteiger partial charge in [-0.05, 0) is 31.6 Å². The first-order valence-corrected chi connectivity index (χ1v) is 6.33. The lowest BCUT2D eigenvalue weighted by Crippen LogP contribution is -1.99. The molecule has 0 saturated heterocycles. The van der Waals surface area contributed by atoms with Crippen LogP contribution in [0.1, 0.15) is 25.8 Å². The number of benzene rings is 1. The van der Waals surface area contributed by atoms with E-state index >= 15 is 0 Å². The van der Waals surface area contributed by atoms with E-state index in [2.05, 4.69) is 30.0 Å². The van der Waals surface area contributed by atoms with Crippen LogP contribution in [0.15, 0.2) is 34.8 Å². The summed E-state index contributed by atoms with van der Waals surface area (Å²) in [7, 11) is 3.51. The Morgan fingerprint density at radius 3 is 2.84 bits per heavy atom. The summed E-state index contributed by atoms with van der Waals surface area (Å²) in [5, 5.41) is 4.33. The molecule has 0 atom stereocenters. The van der Waals surface area contributed by atoms with Crippen LogP contribution in [-0.2, 0) is 7.05 Å². The molecule has 0 spiro atoms. The van der Waals surface area contributed by atoms with Crippen molar-refractivity contribution >= 4 is 16.6 Å². The second-order valence-corrected chi connectivity index (χ2v) is 4.60. The lowest BCUT2D eigenvalue weighted by Gasteiger charge is -2.04. The largest absolute Gasteiger partial charge is 0.288 e. The highest BCUT2D eigenvalue weighted by Crippen LogP contribution is 2.19. The molecule has 0 aliphatic carbocycles. The zero-order valence-corrected chi connectivity index (χ0v) is 11.7. The molecule has 3 nitrogen and oxygen atoms in total. The molecule has 0 fully saturated rings. The summed E-state index contributed by atoms with van der Waals surface area (Å²) < 4.78 is 15.1. The van der Waals surface area contributed by atoms with Gasteiger partial charge in [0.05, 0.1) is 16.6 Å². The van der Waals surface area contributed by atoms with Crippen molar-refractivity contribution in [2.24, 2.45) is 12.0 Å². The first-order chi connectivity index (χ1) is 9.06. The Labute approximate surface area is 112 Å². The molecule has 2 rings (SSSR count). The van der Waals surface area contributed by atoms with Gasteiger partial charge in [-0.25, -0.2) is 0 Å². The van der Waals surface area contributed by atoms with Gasteiger partial charge in [-0.15, -0.1) is 5.10 Å². The van der Waals surface area contributed by atoms with Gasteiger partial charge in [0, 0.05) is 19.7 Å². The van der Waals surface area contributed by atoms with E-state index < -0.39 is 5.95 Å². The Kier molecular flexibility index (Phi) is 3.79. The van der Waals surface area contributed by atoms with Gasteiger partial charge in [0.25, 0.3) is 0 Å². The van der Waals surface area contributed by atoms with Crippen LogP contribution in [0.5, 0.6) is 0 Å². The molecule has 0 aliphatic rings. The second-order valence-electron chi connectivity index (χ2n) is 4.60. The van der Waals surface area contributed by atoms with Crippen molar-refractivity contribution in [3.8, 4) is 0 Å². The third-order valence-corrected chi connectivity index (χ3v) is 3.28. The number of nitrogens with zero attached hydrogens (tertiary/aromatic N) is 3. The van der Waals surface area contributed by atoms with E-state index in [-0.39, 0.29) is 0 Å². The number of hydrogen-bond acceptors (Lipinski definition) is 2. The maximum Gasteiger partial charge on any atom is 0.240 e. The topological polar surface area (TPSA) is 30.2 Å². The Bertz CT molecular complexity index is 665. The highest BCUT2D eigenvalue weighted by molar-refractivity contribution is 6.10. The number of hydrogen-bond donors (Lipinski definition) is 0. The molecule has 0 bridgehead atoms. The summed E-state index contributed by atoms with van der Waals surface area (Å²) in [6.45, 7) is 4.19. The lowest BCUT2D eigenvalue weighted by atomic mass is 10.0. The minimum Gasteiger partial charge on any atom is -0.288 e. The van der Waals surface area contributed by atoms with Crippen LogP contribution in [0, 0.1) is 5.95 Å². The maximum atomic E-state index is 13.5. The van der Waals surface area contributed by atoms with E-state index in [0.29, 0.717) is 5.39 Å². The molecule has 0 N–H and O–H groups in total. The van der Waals surface area contributed by atoms with Crippen LogP contribution in [0.25, 0.3) is 10.9 Å². The van der Waals surface area contributed by atoms with Crippen LogP contribution >= 0.6 is 0 Å². The van der Waals surface area contributed by atoms with Crippen molar-refractivity contribution in [1.82, 2.24) is 9.78 Å². The van der Waals surface area contributed by atoms with Crippen molar-refractivity contribution in [2.45, 2.75) is 20.3 Å². The molecule has 0 unspecified atom stereocenters. The molecule has 1 heterocycles. The van der Waals surface area contributed by atoms with Crippen molar-refractivity contribution in [3.05, 3.63) is 41.4 Å². The van der Waals surface area contributed by atoms with Crippen molar-refractivity contribution in [1.29, 1.82) is 0 Å². The average Bonchev–Trinajstić information content (AvgIpc) is 2.70. The summed E-state index contributed by atoms with van der Waals surface area (Å²) >= 11 is 0. The van der Waals surface area contributed by atoms with Crippen molar-refractivity contribution < 1.29 is 4.39 Å². The van der Waals surface area contributed by atoms with Crippen LogP contribution in [0.2, 0.25) is 0 Å². The van der Waals surface area contributed by atoms with E-state index in [1.165, 1.54) is 5.57 Å². The van der Waals surface area contributed by atoms with Gasteiger partial charge in [0.1, 0.15) is 0 Å². The van der Waals surface area contributed by atoms with Crippen molar-refractivity contribution in [3.63, 3.8) is 0 Å². The minimum atomic E-state index is -0.431. The molecule has 0 radical (unpaired) electrons. The number of fused-ring (bicyclic) bond motifs is 1. The van der Waals surface area contributed by atoms with E-state index in [0.717, 1.165) is 23.2 Å². The van der Waals surface area contributed by atoms with Gasteiger partial charge in [-0.2, -0.15) is 4.39 Å². The number of aliphatic imine (C=N–C) groups is 1. The fraction of sp³-hybridized carbons (Fsp3) is 0.333. The number of aryl methyl sites for hydroxylation is 1. The molecule has 4 heteroatoms. The number of rotatable bonds is 3. The monoisotopic (exact) mass is 259 g/mol. The van der Waals surface area contributed by atoms with Gasteiger partial charge in [0.2, 0.25) is 5.95 Å². The minimum absolute atomic E-state index is 0.431. The molecule has 2 aromatic rings. The number of halogens is 1. The standard InChI is InChI=1S/C15H18FN3/c1-5-10(2)8-13(17-3)11-6-7-12-14(9-11)19(4)18-15(12)16/h6-9H,5H2,1-4H3/b10-8-,17-13?. The smallest absolute Gasteiger partial charge is 0.240 e. The molecule has 1 aromatic heterocycles. The van der Waals surface area contributed by atoms with Gasteiger partial charge in [0.15, 0.2) is 0 Å². The van der Waals surface area contributed by atoms with Gasteiger partial charge in [-0.3, -0.25) is 9.67 Å². The van der Waals surface area contributed by atoms with E-state index in [1.807, 2.05) is 12.1 Å². The maximum absolute atomic E-state index is 13.5. The third kappa shape index (κ3) is 2.57. The first-order valence-electron chi connectivity index (χ1n) is 6.33. The second kappa shape index (κ2) is 5.34. The Hall–Kier alpha value is -1.97. The summed E-state index contributed by atoms with van der Waals surface area (Å²) in [5.41, 5.74) is 3.92. The van der Waals surface area contributed by atoms with Gasteiger partial charge >= 0.3 is 0 Å². The predicted octanol–water partition coefficient (Wildman–Crippen LogP) is 3.49. The molecule has 0 saturated carbocycles. The average molecular weight is 259 g/mol.